The molecule has 2 amide bonds. The maximum Gasteiger partial charge on any atom is 0.277 e. The van der Waals surface area contributed by atoms with Crippen molar-refractivity contribution in [2.75, 3.05) is 19.8 Å². The molecule has 3 aromatic carbocycles. The minimum Gasteiger partial charge on any atom is -0.484 e. The Morgan fingerprint density at radius 2 is 1.55 bits per heavy atom. The summed E-state index contributed by atoms with van der Waals surface area (Å²) in [6.45, 7) is 2.29. The summed E-state index contributed by atoms with van der Waals surface area (Å²) >= 11 is 0. The Kier molecular flexibility index (Phi) is 9.03. The summed E-state index contributed by atoms with van der Waals surface area (Å²) < 4.78 is 11.0. The van der Waals surface area contributed by atoms with Crippen LogP contribution in [0.2, 0.25) is 0 Å². The molecule has 2 N–H and O–H groups in total. The zero-order valence-corrected chi connectivity index (χ0v) is 18.5. The van der Waals surface area contributed by atoms with Crippen LogP contribution < -0.4 is 20.2 Å². The molecule has 7 heteroatoms. The fourth-order valence-electron chi connectivity index (χ4n) is 2.91. The number of nitrogens with zero attached hydrogens (tertiary/aromatic N) is 1. The largest absolute Gasteiger partial charge is 0.484 e. The second-order valence-electron chi connectivity index (χ2n) is 7.29. The third-order valence-electron chi connectivity index (χ3n) is 4.68. The molecule has 0 aliphatic heterocycles. The highest BCUT2D eigenvalue weighted by Gasteiger charge is 2.04. The number of rotatable bonds is 11. The van der Waals surface area contributed by atoms with Crippen LogP contribution in [0, 0.1) is 6.92 Å². The quantitative estimate of drug-likeness (QED) is 0.350. The Balaban J connectivity index is 1.33. The van der Waals surface area contributed by atoms with E-state index in [4.69, 9.17) is 9.47 Å². The van der Waals surface area contributed by atoms with Gasteiger partial charge in [0.1, 0.15) is 11.5 Å². The Labute approximate surface area is 193 Å². The minimum atomic E-state index is -0.354. The molecule has 3 rings (SSSR count). The predicted octanol–water partition coefficient (Wildman–Crippen LogP) is 3.26. The van der Waals surface area contributed by atoms with E-state index in [-0.39, 0.29) is 25.0 Å². The molecule has 7 nitrogen and oxygen atoms in total. The number of amides is 2. The van der Waals surface area contributed by atoms with E-state index < -0.39 is 0 Å². The molecule has 0 aliphatic rings. The molecule has 0 aliphatic carbocycles. The van der Waals surface area contributed by atoms with Gasteiger partial charge in [0.15, 0.2) is 13.2 Å². The molecule has 0 unspecified atom stereocenters. The Bertz CT molecular complexity index is 1070. The van der Waals surface area contributed by atoms with E-state index in [1.165, 1.54) is 11.8 Å². The third-order valence-corrected chi connectivity index (χ3v) is 4.68. The number of ether oxygens (including phenoxy) is 2. The first-order valence-corrected chi connectivity index (χ1v) is 10.6. The van der Waals surface area contributed by atoms with Gasteiger partial charge in [-0.25, -0.2) is 5.43 Å². The van der Waals surface area contributed by atoms with Crippen LogP contribution in [0.4, 0.5) is 0 Å². The highest BCUT2D eigenvalue weighted by molar-refractivity contribution is 5.83. The number of benzene rings is 3. The molecule has 0 aromatic heterocycles. The maximum atomic E-state index is 11.9. The van der Waals surface area contributed by atoms with Gasteiger partial charge in [-0.05, 0) is 60.4 Å². The molecule has 0 saturated carbocycles. The first kappa shape index (κ1) is 23.5. The van der Waals surface area contributed by atoms with Crippen molar-refractivity contribution >= 4 is 18.0 Å². The average Bonchev–Trinajstić information content (AvgIpc) is 2.84. The van der Waals surface area contributed by atoms with Gasteiger partial charge in [-0.2, -0.15) is 5.10 Å². The van der Waals surface area contributed by atoms with Gasteiger partial charge in [-0.1, -0.05) is 48.5 Å². The number of hydrogen-bond acceptors (Lipinski definition) is 5. The van der Waals surface area contributed by atoms with Crippen LogP contribution in [0.5, 0.6) is 11.5 Å². The molecule has 170 valence electrons. The van der Waals surface area contributed by atoms with Crippen LogP contribution in [-0.4, -0.2) is 37.8 Å². The zero-order chi connectivity index (χ0) is 23.3. The van der Waals surface area contributed by atoms with Crippen molar-refractivity contribution in [3.05, 3.63) is 95.6 Å². The van der Waals surface area contributed by atoms with E-state index >= 15 is 0 Å². The molecular weight excluding hydrogens is 418 g/mol. The van der Waals surface area contributed by atoms with Crippen molar-refractivity contribution in [1.29, 1.82) is 0 Å². The van der Waals surface area contributed by atoms with Gasteiger partial charge in [0.25, 0.3) is 11.8 Å². The van der Waals surface area contributed by atoms with Crippen molar-refractivity contribution in [3.63, 3.8) is 0 Å². The van der Waals surface area contributed by atoms with E-state index in [1.807, 2.05) is 61.5 Å². The van der Waals surface area contributed by atoms with Gasteiger partial charge in [0.2, 0.25) is 0 Å². The molecule has 0 bridgehead atoms. The van der Waals surface area contributed by atoms with Crippen molar-refractivity contribution in [2.45, 2.75) is 13.3 Å². The number of nitrogens with one attached hydrogen (secondary N) is 2. The van der Waals surface area contributed by atoms with Crippen LogP contribution >= 0.6 is 0 Å². The summed E-state index contributed by atoms with van der Waals surface area (Å²) in [6.07, 6.45) is 2.29. The van der Waals surface area contributed by atoms with Crippen molar-refractivity contribution in [3.8, 4) is 11.5 Å². The Morgan fingerprint density at radius 1 is 0.848 bits per heavy atom. The van der Waals surface area contributed by atoms with Gasteiger partial charge >= 0.3 is 0 Å². The zero-order valence-electron chi connectivity index (χ0n) is 18.5. The molecule has 0 spiro atoms. The number of aryl methyl sites for hydroxylation is 1. The normalized spacial score (nSPS) is 10.6. The molecule has 3 aromatic rings. The SMILES string of the molecule is Cc1ccccc1OCC(=O)N/N=C\c1ccc(OCC(=O)NCCc2ccccc2)cc1. The van der Waals surface area contributed by atoms with Gasteiger partial charge in [-0.15, -0.1) is 0 Å². The fourth-order valence-corrected chi connectivity index (χ4v) is 2.91. The Morgan fingerprint density at radius 3 is 2.30 bits per heavy atom. The van der Waals surface area contributed by atoms with Crippen LogP contribution in [0.3, 0.4) is 0 Å². The number of hydrogen-bond donors (Lipinski definition) is 2. The molecular formula is C26H27N3O4. The van der Waals surface area contributed by atoms with Crippen LogP contribution in [-0.2, 0) is 16.0 Å². The maximum absolute atomic E-state index is 11.9. The second-order valence-corrected chi connectivity index (χ2v) is 7.29. The predicted molar refractivity (Wildman–Crippen MR) is 128 cm³/mol. The van der Waals surface area contributed by atoms with E-state index in [1.54, 1.807) is 24.3 Å². The Hall–Kier alpha value is -4.13. The standard InChI is InChI=1S/C26H27N3O4/c1-20-7-5-6-10-24(20)33-19-26(31)29-28-17-22-11-13-23(14-12-22)32-18-25(30)27-16-15-21-8-3-2-4-9-21/h2-14,17H,15-16,18-19H2,1H3,(H,27,30)(H,29,31)/b28-17-. The van der Waals surface area contributed by atoms with E-state index in [9.17, 15) is 9.59 Å². The molecule has 0 atom stereocenters. The molecule has 0 heterocycles. The molecule has 0 saturated heterocycles. The molecule has 0 fully saturated rings. The van der Waals surface area contributed by atoms with E-state index in [2.05, 4.69) is 15.8 Å². The van der Waals surface area contributed by atoms with Crippen molar-refractivity contribution in [1.82, 2.24) is 10.7 Å². The van der Waals surface area contributed by atoms with Gasteiger partial charge in [0.05, 0.1) is 6.21 Å². The monoisotopic (exact) mass is 445 g/mol. The lowest BCUT2D eigenvalue weighted by atomic mass is 10.1. The summed E-state index contributed by atoms with van der Waals surface area (Å²) in [7, 11) is 0. The number of hydrazone groups is 1. The highest BCUT2D eigenvalue weighted by Crippen LogP contribution is 2.15. The van der Waals surface area contributed by atoms with Crippen LogP contribution in [0.25, 0.3) is 0 Å². The molecule has 33 heavy (non-hydrogen) atoms. The molecule has 0 radical (unpaired) electrons. The highest BCUT2D eigenvalue weighted by atomic mass is 16.5. The van der Waals surface area contributed by atoms with E-state index in [0.717, 1.165) is 17.5 Å². The second kappa shape index (κ2) is 12.7. The van der Waals surface area contributed by atoms with Gasteiger partial charge in [0, 0.05) is 6.54 Å². The van der Waals surface area contributed by atoms with Gasteiger partial charge < -0.3 is 14.8 Å². The first-order valence-electron chi connectivity index (χ1n) is 10.6. The lowest BCUT2D eigenvalue weighted by Crippen LogP contribution is -2.30. The van der Waals surface area contributed by atoms with Crippen LogP contribution in [0.1, 0.15) is 16.7 Å². The third kappa shape index (κ3) is 8.49. The van der Waals surface area contributed by atoms with Gasteiger partial charge in [-0.3, -0.25) is 9.59 Å². The average molecular weight is 446 g/mol. The topological polar surface area (TPSA) is 89.0 Å². The van der Waals surface area contributed by atoms with Crippen molar-refractivity contribution in [2.24, 2.45) is 5.10 Å². The smallest absolute Gasteiger partial charge is 0.277 e. The fraction of sp³-hybridized carbons (Fsp3) is 0.192. The summed E-state index contributed by atoms with van der Waals surface area (Å²) in [6, 6.07) is 24.5. The summed E-state index contributed by atoms with van der Waals surface area (Å²) in [4.78, 5) is 23.8. The van der Waals surface area contributed by atoms with E-state index in [0.29, 0.717) is 18.0 Å². The lowest BCUT2D eigenvalue weighted by Gasteiger charge is -2.08. The van der Waals surface area contributed by atoms with Crippen LogP contribution in [0.15, 0.2) is 84.0 Å². The number of carbonyl (C=O) groups excluding carboxylic acids is 2. The summed E-state index contributed by atoms with van der Waals surface area (Å²) in [5.41, 5.74) is 5.33. The minimum absolute atomic E-state index is 0.0564. The summed E-state index contributed by atoms with van der Waals surface area (Å²) in [5.74, 6) is 0.707. The lowest BCUT2D eigenvalue weighted by molar-refractivity contribution is -0.123. The first-order chi connectivity index (χ1) is 16.1. The summed E-state index contributed by atoms with van der Waals surface area (Å²) in [5, 5.41) is 6.77. The number of para-hydroxylation sites is 1. The van der Waals surface area contributed by atoms with Crippen molar-refractivity contribution < 1.29 is 19.1 Å². The number of carbonyl (C=O) groups is 2.